The van der Waals surface area contributed by atoms with E-state index in [-0.39, 0.29) is 10.5 Å². The van der Waals surface area contributed by atoms with Crippen LogP contribution in [-0.4, -0.2) is 30.9 Å². The van der Waals surface area contributed by atoms with Gasteiger partial charge in [0.05, 0.1) is 11.5 Å². The first-order valence-corrected chi connectivity index (χ1v) is 7.04. The van der Waals surface area contributed by atoms with Gasteiger partial charge in [0.2, 0.25) is 10.0 Å². The molecule has 0 bridgehead atoms. The molecule has 1 aliphatic heterocycles. The van der Waals surface area contributed by atoms with Crippen LogP contribution in [0, 0.1) is 5.82 Å². The van der Waals surface area contributed by atoms with E-state index >= 15 is 0 Å². The molecular weight excluding hydrogens is 257 g/mol. The largest absolute Gasteiger partial charge is 0.392 e. The van der Waals surface area contributed by atoms with Gasteiger partial charge in [0, 0.05) is 18.7 Å². The maximum absolute atomic E-state index is 13.2. The van der Waals surface area contributed by atoms with Crippen LogP contribution >= 0.6 is 0 Å². The van der Waals surface area contributed by atoms with Crippen molar-refractivity contribution >= 4 is 10.0 Å². The van der Waals surface area contributed by atoms with Gasteiger partial charge in [0.15, 0.2) is 0 Å². The van der Waals surface area contributed by atoms with E-state index in [1.807, 2.05) is 6.08 Å². The standard InChI is InChI=1S/C12H14FNO3S/c13-12-5-4-11(8-10(12)9-15)18(16,17)14-6-2-1-3-7-14/h1-2,4-5,8,15H,3,6-7,9H2. The Kier molecular flexibility index (Phi) is 3.79. The van der Waals surface area contributed by atoms with E-state index in [4.69, 9.17) is 5.11 Å². The Morgan fingerprint density at radius 3 is 2.72 bits per heavy atom. The van der Waals surface area contributed by atoms with Crippen molar-refractivity contribution in [2.75, 3.05) is 13.1 Å². The van der Waals surface area contributed by atoms with Crippen molar-refractivity contribution in [1.82, 2.24) is 4.31 Å². The molecule has 2 rings (SSSR count). The number of hydrogen-bond donors (Lipinski definition) is 1. The predicted octanol–water partition coefficient (Wildman–Crippen LogP) is 1.27. The van der Waals surface area contributed by atoms with Crippen LogP contribution in [0.4, 0.5) is 4.39 Å². The smallest absolute Gasteiger partial charge is 0.243 e. The summed E-state index contributed by atoms with van der Waals surface area (Å²) in [5.41, 5.74) is -0.0105. The molecule has 0 saturated carbocycles. The van der Waals surface area contributed by atoms with E-state index in [2.05, 4.69) is 0 Å². The van der Waals surface area contributed by atoms with Crippen LogP contribution in [0.2, 0.25) is 0 Å². The average Bonchev–Trinajstić information content (AvgIpc) is 2.40. The van der Waals surface area contributed by atoms with Gasteiger partial charge < -0.3 is 5.11 Å². The Hall–Kier alpha value is -1.24. The molecule has 0 radical (unpaired) electrons. The molecular formula is C12H14FNO3S. The molecule has 4 nitrogen and oxygen atoms in total. The van der Waals surface area contributed by atoms with Crippen molar-refractivity contribution in [3.05, 3.63) is 41.7 Å². The highest BCUT2D eigenvalue weighted by molar-refractivity contribution is 7.89. The summed E-state index contributed by atoms with van der Waals surface area (Å²) in [5.74, 6) is -0.602. The molecule has 0 aliphatic carbocycles. The minimum Gasteiger partial charge on any atom is -0.392 e. The summed E-state index contributed by atoms with van der Waals surface area (Å²) in [4.78, 5) is 0.0169. The van der Waals surface area contributed by atoms with E-state index in [1.54, 1.807) is 6.08 Å². The van der Waals surface area contributed by atoms with Crippen molar-refractivity contribution in [2.45, 2.75) is 17.9 Å². The van der Waals surface area contributed by atoms with Gasteiger partial charge in [-0.05, 0) is 24.6 Å². The minimum absolute atomic E-state index is 0.0105. The fourth-order valence-electron chi connectivity index (χ4n) is 1.82. The molecule has 1 aromatic rings. The average molecular weight is 271 g/mol. The first kappa shape index (κ1) is 13.2. The van der Waals surface area contributed by atoms with E-state index in [0.29, 0.717) is 19.5 Å². The molecule has 0 spiro atoms. The second-order valence-corrected chi connectivity index (χ2v) is 5.97. The Morgan fingerprint density at radius 2 is 2.11 bits per heavy atom. The van der Waals surface area contributed by atoms with Crippen molar-refractivity contribution in [1.29, 1.82) is 0 Å². The fraction of sp³-hybridized carbons (Fsp3) is 0.333. The summed E-state index contributed by atoms with van der Waals surface area (Å²) in [6.45, 7) is 0.230. The van der Waals surface area contributed by atoms with E-state index in [9.17, 15) is 12.8 Å². The maximum Gasteiger partial charge on any atom is 0.243 e. The number of benzene rings is 1. The highest BCUT2D eigenvalue weighted by Crippen LogP contribution is 2.20. The molecule has 1 aromatic carbocycles. The monoisotopic (exact) mass is 271 g/mol. The Bertz CT molecular complexity index is 569. The first-order chi connectivity index (χ1) is 8.55. The van der Waals surface area contributed by atoms with Gasteiger partial charge in [-0.25, -0.2) is 12.8 Å². The number of aliphatic hydroxyl groups excluding tert-OH is 1. The molecule has 6 heteroatoms. The second kappa shape index (κ2) is 5.17. The van der Waals surface area contributed by atoms with Crippen LogP contribution in [0.3, 0.4) is 0 Å². The fourth-order valence-corrected chi connectivity index (χ4v) is 3.28. The molecule has 0 saturated heterocycles. The highest BCUT2D eigenvalue weighted by Gasteiger charge is 2.24. The van der Waals surface area contributed by atoms with E-state index in [0.717, 1.165) is 6.07 Å². The lowest BCUT2D eigenvalue weighted by Crippen LogP contribution is -2.33. The second-order valence-electron chi connectivity index (χ2n) is 4.03. The third kappa shape index (κ3) is 2.45. The zero-order chi connectivity index (χ0) is 13.2. The van der Waals surface area contributed by atoms with Gasteiger partial charge >= 0.3 is 0 Å². The normalized spacial score (nSPS) is 17.0. The summed E-state index contributed by atoms with van der Waals surface area (Å²) < 4.78 is 39.1. The Morgan fingerprint density at radius 1 is 1.33 bits per heavy atom. The summed E-state index contributed by atoms with van der Waals surface area (Å²) in [6.07, 6.45) is 4.39. The molecule has 1 N–H and O–H groups in total. The summed E-state index contributed by atoms with van der Waals surface area (Å²) in [7, 11) is -3.61. The molecule has 98 valence electrons. The van der Waals surface area contributed by atoms with Crippen LogP contribution in [0.1, 0.15) is 12.0 Å². The van der Waals surface area contributed by atoms with Crippen LogP contribution in [0.25, 0.3) is 0 Å². The third-order valence-corrected chi connectivity index (χ3v) is 4.71. The number of rotatable bonds is 3. The predicted molar refractivity (Wildman–Crippen MR) is 64.8 cm³/mol. The third-order valence-electron chi connectivity index (χ3n) is 2.85. The van der Waals surface area contributed by atoms with E-state index in [1.165, 1.54) is 16.4 Å². The van der Waals surface area contributed by atoms with Crippen molar-refractivity contribution in [2.24, 2.45) is 0 Å². The number of aliphatic hydroxyl groups is 1. The lowest BCUT2D eigenvalue weighted by Gasteiger charge is -2.23. The van der Waals surface area contributed by atoms with Gasteiger partial charge in [-0.3, -0.25) is 0 Å². The van der Waals surface area contributed by atoms with Gasteiger partial charge in [-0.15, -0.1) is 0 Å². The molecule has 1 heterocycles. The minimum atomic E-state index is -3.61. The zero-order valence-electron chi connectivity index (χ0n) is 9.71. The number of nitrogens with zero attached hydrogens (tertiary/aromatic N) is 1. The number of halogens is 1. The Labute approximate surface area is 105 Å². The Balaban J connectivity index is 2.38. The van der Waals surface area contributed by atoms with Crippen molar-refractivity contribution in [3.63, 3.8) is 0 Å². The topological polar surface area (TPSA) is 57.6 Å². The summed E-state index contributed by atoms with van der Waals surface area (Å²) >= 11 is 0. The van der Waals surface area contributed by atoms with Gasteiger partial charge in [-0.2, -0.15) is 4.31 Å². The molecule has 0 atom stereocenters. The van der Waals surface area contributed by atoms with Crippen LogP contribution in [0.15, 0.2) is 35.2 Å². The summed E-state index contributed by atoms with van der Waals surface area (Å²) in [5, 5.41) is 8.96. The maximum atomic E-state index is 13.2. The summed E-state index contributed by atoms with van der Waals surface area (Å²) in [6, 6.07) is 3.48. The number of sulfonamides is 1. The SMILES string of the molecule is O=S(=O)(c1ccc(F)c(CO)c1)N1CC=CCC1. The lowest BCUT2D eigenvalue weighted by atomic mass is 10.2. The van der Waals surface area contributed by atoms with Gasteiger partial charge in [-0.1, -0.05) is 12.2 Å². The molecule has 1 aliphatic rings. The molecule has 18 heavy (non-hydrogen) atoms. The van der Waals surface area contributed by atoms with Crippen LogP contribution < -0.4 is 0 Å². The van der Waals surface area contributed by atoms with Gasteiger partial charge in [0.1, 0.15) is 5.82 Å². The van der Waals surface area contributed by atoms with E-state index < -0.39 is 22.4 Å². The zero-order valence-corrected chi connectivity index (χ0v) is 10.5. The molecule has 0 unspecified atom stereocenters. The molecule has 0 fully saturated rings. The van der Waals surface area contributed by atoms with Crippen LogP contribution in [0.5, 0.6) is 0 Å². The van der Waals surface area contributed by atoms with Crippen LogP contribution in [-0.2, 0) is 16.6 Å². The quantitative estimate of drug-likeness (QED) is 0.842. The van der Waals surface area contributed by atoms with Crippen molar-refractivity contribution in [3.8, 4) is 0 Å². The highest BCUT2D eigenvalue weighted by atomic mass is 32.2. The first-order valence-electron chi connectivity index (χ1n) is 5.60. The molecule has 0 aromatic heterocycles. The number of hydrogen-bond acceptors (Lipinski definition) is 3. The lowest BCUT2D eigenvalue weighted by molar-refractivity contribution is 0.275. The molecule has 0 amide bonds. The van der Waals surface area contributed by atoms with Crippen molar-refractivity contribution < 1.29 is 17.9 Å². The van der Waals surface area contributed by atoms with Gasteiger partial charge in [0.25, 0.3) is 0 Å².